The molecule has 546 valence electrons. The molecule has 3 N–H and O–H groups in total. The first-order chi connectivity index (χ1) is 50.4. The average Bonchev–Trinajstić information content (AvgIpc) is 1.63. The molecule has 4 aromatic heterocycles. The van der Waals surface area contributed by atoms with Crippen molar-refractivity contribution < 1.29 is 52.5 Å². The Morgan fingerprint density at radius 3 is 1.62 bits per heavy atom. The highest BCUT2D eigenvalue weighted by molar-refractivity contribution is 9.10. The third-order valence-corrected chi connectivity index (χ3v) is 18.9. The molecule has 0 bridgehead atoms. The number of imidazole rings is 1. The van der Waals surface area contributed by atoms with Crippen LogP contribution in [0.5, 0.6) is 11.8 Å². The van der Waals surface area contributed by atoms with Crippen molar-refractivity contribution in [3.05, 3.63) is 272 Å². The number of carbonyl (C=O) groups excluding carboxylic acids is 3. The van der Waals surface area contributed by atoms with Crippen molar-refractivity contribution in [2.24, 2.45) is 0 Å². The first-order valence-corrected chi connectivity index (χ1v) is 36.4. The number of Topliss-reactive ketones (excluding diaryl/α,β-unsaturated/α-hetero) is 1. The predicted molar refractivity (Wildman–Crippen MR) is 409 cm³/mol. The number of aliphatic hydroxyl groups is 1. The number of benzene rings is 5. The molecule has 0 aliphatic carbocycles. The lowest BCUT2D eigenvalue weighted by Gasteiger charge is -2.32. The summed E-state index contributed by atoms with van der Waals surface area (Å²) in [4.78, 5) is 66.7. The van der Waals surface area contributed by atoms with E-state index in [1.54, 1.807) is 28.9 Å². The number of hydrogen-bond acceptors (Lipinski definition) is 16. The molecular weight excluding hydrogens is 1400 g/mol. The Hall–Kier alpha value is -9.26. The van der Waals surface area contributed by atoms with Crippen LogP contribution in [0.25, 0.3) is 16.6 Å². The van der Waals surface area contributed by atoms with Crippen LogP contribution in [0.1, 0.15) is 122 Å². The minimum absolute atomic E-state index is 0.0102. The van der Waals surface area contributed by atoms with Gasteiger partial charge in [0.15, 0.2) is 5.78 Å². The first kappa shape index (κ1) is 78.9. The molecule has 104 heavy (non-hydrogen) atoms. The normalized spacial score (nSPS) is 16.4. The third-order valence-electron chi connectivity index (χ3n) is 18.2. The van der Waals surface area contributed by atoms with Gasteiger partial charge in [0.1, 0.15) is 36.9 Å². The summed E-state index contributed by atoms with van der Waals surface area (Å²) in [5.41, 5.74) is 10.3. The highest BCUT2D eigenvalue weighted by Crippen LogP contribution is 2.40. The number of rotatable bonds is 17. The zero-order valence-electron chi connectivity index (χ0n) is 60.0. The number of amides is 2. The molecular formula is C81H93BBrClN8O12. The van der Waals surface area contributed by atoms with Gasteiger partial charge in [0.05, 0.1) is 46.5 Å². The number of hydrogen-bond donors (Lipinski definition) is 3. The average molecular weight is 1500 g/mol. The molecule has 3 fully saturated rings. The van der Waals surface area contributed by atoms with E-state index in [0.717, 1.165) is 132 Å². The van der Waals surface area contributed by atoms with Gasteiger partial charge in [-0.05, 0) is 165 Å². The summed E-state index contributed by atoms with van der Waals surface area (Å²) in [6, 6.07) is 61.8. The van der Waals surface area contributed by atoms with Crippen molar-refractivity contribution in [3.63, 3.8) is 0 Å². The van der Waals surface area contributed by atoms with Crippen molar-refractivity contribution in [3.8, 4) is 11.8 Å². The molecule has 14 rings (SSSR count). The Labute approximate surface area is 623 Å². The lowest BCUT2D eigenvalue weighted by Crippen LogP contribution is -2.41. The second-order valence-corrected chi connectivity index (χ2v) is 27.2. The van der Waals surface area contributed by atoms with E-state index >= 15 is 0 Å². The van der Waals surface area contributed by atoms with Crippen LogP contribution in [-0.4, -0.2) is 135 Å². The maximum atomic E-state index is 12.3. The topological polar surface area (TPSA) is 231 Å². The van der Waals surface area contributed by atoms with Crippen LogP contribution >= 0.6 is 27.5 Å². The quantitative estimate of drug-likeness (QED) is 0.0333. The molecule has 0 radical (unpaired) electrons. The summed E-state index contributed by atoms with van der Waals surface area (Å²) in [7, 11) is 0.674. The SMILES string of the molecule is Brc1cccc(OCc2ccccc2)n1.CC(=O)c1ccc2nc(CCl)n(C[C@@H]3CCO3)c2c1.CC1(C)OB(C2=CCN(C(=O)OCc3ccccc3)CC2)OC1(C)C.CO.O=C(OCc1ccccc1)N1CC=C(c2cccc(OCc3ccccc3)n2)CC1.O=c1cccc(C2CCNCC2)[nH]1. The number of pyridine rings is 3. The monoisotopic (exact) mass is 1490 g/mol. The molecule has 5 aliphatic rings. The number of ketones is 1. The Morgan fingerprint density at radius 2 is 1.14 bits per heavy atom. The van der Waals surface area contributed by atoms with Gasteiger partial charge < -0.3 is 62.8 Å². The van der Waals surface area contributed by atoms with Crippen molar-refractivity contribution in [2.75, 3.05) is 53.0 Å². The number of nitrogens with zero attached hydrogens (tertiary/aromatic N) is 6. The zero-order chi connectivity index (χ0) is 73.7. The van der Waals surface area contributed by atoms with Crippen LogP contribution in [0.4, 0.5) is 9.59 Å². The minimum atomic E-state index is -0.343. The molecule has 5 aromatic carbocycles. The van der Waals surface area contributed by atoms with E-state index < -0.39 is 0 Å². The number of aliphatic hydroxyl groups excluding tert-OH is 1. The molecule has 0 saturated carbocycles. The summed E-state index contributed by atoms with van der Waals surface area (Å²) in [6.07, 6.45) is 8.50. The van der Waals surface area contributed by atoms with Gasteiger partial charge in [-0.15, -0.1) is 11.6 Å². The fraction of sp³-hybridized carbons (Fsp3) is 0.346. The number of nitrogens with one attached hydrogen (secondary N) is 2. The maximum Gasteiger partial charge on any atom is 0.490 e. The molecule has 1 atom stereocenters. The van der Waals surface area contributed by atoms with Crippen molar-refractivity contribution in [1.82, 2.24) is 39.6 Å². The fourth-order valence-corrected chi connectivity index (χ4v) is 12.1. The number of alkyl halides is 1. The third kappa shape index (κ3) is 23.9. The Bertz CT molecular complexity index is 4280. The number of halogens is 2. The molecule has 9 aromatic rings. The largest absolute Gasteiger partial charge is 0.490 e. The highest BCUT2D eigenvalue weighted by atomic mass is 79.9. The van der Waals surface area contributed by atoms with E-state index in [2.05, 4.69) is 45.7 Å². The maximum absolute atomic E-state index is 12.3. The lowest BCUT2D eigenvalue weighted by molar-refractivity contribution is -0.0589. The molecule has 20 nitrogen and oxygen atoms in total. The number of H-pyrrole nitrogens is 1. The number of piperidine rings is 1. The predicted octanol–water partition coefficient (Wildman–Crippen LogP) is 15.3. The van der Waals surface area contributed by atoms with Crippen molar-refractivity contribution in [2.45, 2.75) is 129 Å². The Balaban J connectivity index is 0.000000154. The van der Waals surface area contributed by atoms with Gasteiger partial charge in [-0.25, -0.2) is 24.5 Å². The molecule has 5 aliphatic heterocycles. The van der Waals surface area contributed by atoms with Crippen LogP contribution in [0.2, 0.25) is 0 Å². The zero-order valence-corrected chi connectivity index (χ0v) is 62.3. The standard InChI is InChI=1S/C25H24N2O3.C19H26BNO4.C14H15ClN2O2.C12H10BrNO.C10H14N2O.CH4O/c28-25(30-19-21-10-5-2-6-11-21)27-16-14-22(15-17-27)23-12-7-13-24(26-23)29-18-20-8-3-1-4-9-20;1-18(2)19(3,4)25-20(24-18)16-10-12-21(13-11-16)17(22)23-14-15-8-6-5-7-9-15;1-9(18)10-2-3-12-13(6-10)17(14(7-15)16-12)8-11-4-5-19-11;13-11-7-4-8-12(14-11)15-9-10-5-2-1-3-6-10;13-10-3-1-2-9(12-10)8-4-6-11-7-5-8;1-2/h1-14H,15-19H2;5-10H,11-14H2,1-4H3;2-3,6,11H,4-5,7-8H2,1H3;1-8H,9H2;1-3,8,11H,4-7H2,(H,12,13);2H,1H3/t;;11-;;;/m..0.../s1. The molecule has 3 saturated heterocycles. The Morgan fingerprint density at radius 1 is 0.625 bits per heavy atom. The van der Waals surface area contributed by atoms with Gasteiger partial charge in [-0.1, -0.05) is 152 Å². The van der Waals surface area contributed by atoms with E-state index in [-0.39, 0.29) is 54.6 Å². The fourth-order valence-electron chi connectivity index (χ4n) is 11.5. The van der Waals surface area contributed by atoms with Crippen LogP contribution in [0, 0.1) is 0 Å². The van der Waals surface area contributed by atoms with Crippen LogP contribution < -0.4 is 20.3 Å². The van der Waals surface area contributed by atoms with E-state index in [1.807, 2.05) is 222 Å². The van der Waals surface area contributed by atoms with Crippen LogP contribution in [-0.2, 0) is 62.4 Å². The number of fused-ring (bicyclic) bond motifs is 1. The van der Waals surface area contributed by atoms with Gasteiger partial charge >= 0.3 is 19.3 Å². The molecule has 9 heterocycles. The van der Waals surface area contributed by atoms with E-state index in [1.165, 1.54) is 0 Å². The summed E-state index contributed by atoms with van der Waals surface area (Å²) in [6.45, 7) is 17.3. The van der Waals surface area contributed by atoms with Gasteiger partial charge in [0.25, 0.3) is 0 Å². The number of carbonyl (C=O) groups is 3. The highest BCUT2D eigenvalue weighted by Gasteiger charge is 2.52. The van der Waals surface area contributed by atoms with E-state index in [0.29, 0.717) is 75.1 Å². The number of aromatic amines is 1. The second kappa shape index (κ2) is 40.1. The van der Waals surface area contributed by atoms with Crippen LogP contribution in [0.3, 0.4) is 0 Å². The van der Waals surface area contributed by atoms with Gasteiger partial charge in [0.2, 0.25) is 17.3 Å². The smallest absolute Gasteiger partial charge is 0.473 e. The van der Waals surface area contributed by atoms with Gasteiger partial charge in [-0.3, -0.25) is 9.59 Å². The second-order valence-electron chi connectivity index (χ2n) is 26.1. The van der Waals surface area contributed by atoms with Crippen molar-refractivity contribution in [1.29, 1.82) is 0 Å². The Kier molecular flexibility index (Phi) is 30.4. The minimum Gasteiger partial charge on any atom is -0.473 e. The summed E-state index contributed by atoms with van der Waals surface area (Å²) in [5, 5.41) is 10.3. The number of ether oxygens (including phenoxy) is 5. The van der Waals surface area contributed by atoms with E-state index in [4.69, 9.17) is 49.7 Å². The van der Waals surface area contributed by atoms with Crippen molar-refractivity contribution >= 4 is 69.2 Å². The molecule has 0 spiro atoms. The summed E-state index contributed by atoms with van der Waals surface area (Å²) < 4.78 is 42.7. The van der Waals surface area contributed by atoms with Gasteiger partial charge in [-0.2, -0.15) is 0 Å². The molecule has 23 heteroatoms. The van der Waals surface area contributed by atoms with Gasteiger partial charge in [0, 0.05) is 75.3 Å². The summed E-state index contributed by atoms with van der Waals surface area (Å²) in [5.74, 6) is 3.01. The molecule has 0 unspecified atom stereocenters. The first-order valence-electron chi connectivity index (χ1n) is 35.1. The van der Waals surface area contributed by atoms with E-state index in [9.17, 15) is 19.2 Å². The lowest BCUT2D eigenvalue weighted by atomic mass is 9.75. The summed E-state index contributed by atoms with van der Waals surface area (Å²) >= 11 is 9.26. The van der Waals surface area contributed by atoms with Crippen LogP contribution in [0.15, 0.2) is 221 Å². The number of aromatic nitrogens is 5. The molecule has 2 amide bonds.